The smallest absolute Gasteiger partial charge is 0.465 e. The van der Waals surface area contributed by atoms with E-state index in [1.165, 1.54) is 29.9 Å². The van der Waals surface area contributed by atoms with E-state index in [0.29, 0.717) is 28.2 Å². The van der Waals surface area contributed by atoms with Gasteiger partial charge in [-0.2, -0.15) is 21.6 Å². The molecule has 0 spiro atoms. The van der Waals surface area contributed by atoms with Crippen LogP contribution in [-0.2, 0) is 54.6 Å². The number of esters is 2. The standard InChI is InChI=1S/C27H31BO4.C22H19F3O5S/c1-7-18-11-13-19(14-12-18)15-20-9-8-10-21-16-23(25(29)30-6)24(17-22(20)21)28-31-26(2,3)27(4,5)32-28;1-3-14-7-9-15(10-8-14)11-16-5-4-6-17-12-19(21(26)29-2)20(13-18(16)17)30-31(27,28)22(23,24)25/h8-14,16-17H,7,15H2,1-6H3;4-10,12-13H,3,11H2,1-2H3. The van der Waals surface area contributed by atoms with Gasteiger partial charge in [-0.3, -0.25) is 0 Å². The zero-order valence-corrected chi connectivity index (χ0v) is 37.3. The molecule has 0 amide bonds. The van der Waals surface area contributed by atoms with Gasteiger partial charge in [-0.05, 0) is 132 Å². The molecule has 1 heterocycles. The van der Waals surface area contributed by atoms with Gasteiger partial charge in [0.25, 0.3) is 0 Å². The predicted octanol–water partition coefficient (Wildman–Crippen LogP) is 10.1. The van der Waals surface area contributed by atoms with E-state index in [1.807, 2.05) is 83.1 Å². The lowest BCUT2D eigenvalue weighted by atomic mass is 9.74. The molecule has 330 valence electrons. The predicted molar refractivity (Wildman–Crippen MR) is 239 cm³/mol. The molecule has 1 fully saturated rings. The van der Waals surface area contributed by atoms with E-state index in [-0.39, 0.29) is 0 Å². The van der Waals surface area contributed by atoms with Crippen LogP contribution in [0.25, 0.3) is 21.5 Å². The number of hydrogen-bond donors (Lipinski definition) is 0. The van der Waals surface area contributed by atoms with Crippen LogP contribution in [0.15, 0.2) is 109 Å². The molecule has 0 radical (unpaired) electrons. The summed E-state index contributed by atoms with van der Waals surface area (Å²) >= 11 is 0. The molecule has 63 heavy (non-hydrogen) atoms. The third-order valence-corrected chi connectivity index (χ3v) is 12.6. The number of alkyl halides is 3. The largest absolute Gasteiger partial charge is 0.534 e. The molecule has 6 aromatic rings. The molecule has 0 unspecified atom stereocenters. The monoisotopic (exact) mass is 882 g/mol. The zero-order valence-electron chi connectivity index (χ0n) is 36.5. The van der Waals surface area contributed by atoms with Crippen LogP contribution in [-0.4, -0.2) is 58.4 Å². The van der Waals surface area contributed by atoms with Gasteiger partial charge in [0.15, 0.2) is 5.75 Å². The van der Waals surface area contributed by atoms with Gasteiger partial charge < -0.3 is 23.0 Å². The second-order valence-corrected chi connectivity index (χ2v) is 17.9. The summed E-state index contributed by atoms with van der Waals surface area (Å²) in [5.74, 6) is -2.16. The molecular weight excluding hydrogens is 832 g/mol. The van der Waals surface area contributed by atoms with E-state index in [1.54, 1.807) is 18.2 Å². The van der Waals surface area contributed by atoms with Crippen molar-refractivity contribution in [3.8, 4) is 5.75 Å². The Morgan fingerprint density at radius 3 is 1.46 bits per heavy atom. The number of hydrogen-bond acceptors (Lipinski definition) is 9. The number of methoxy groups -OCH3 is 2. The maximum atomic E-state index is 12.8. The first-order valence-corrected chi connectivity index (χ1v) is 21.9. The number of ether oxygens (including phenoxy) is 2. The van der Waals surface area contributed by atoms with Gasteiger partial charge in [0, 0.05) is 0 Å². The van der Waals surface area contributed by atoms with Crippen LogP contribution in [0.5, 0.6) is 5.75 Å². The number of carbonyl (C=O) groups is 2. The topological polar surface area (TPSA) is 114 Å². The summed E-state index contributed by atoms with van der Waals surface area (Å²) in [6.45, 7) is 12.2. The van der Waals surface area contributed by atoms with E-state index in [9.17, 15) is 31.2 Å². The summed E-state index contributed by atoms with van der Waals surface area (Å²) in [5.41, 5.74) is 0.753. The van der Waals surface area contributed by atoms with E-state index >= 15 is 0 Å². The van der Waals surface area contributed by atoms with Crippen molar-refractivity contribution in [2.45, 2.75) is 83.9 Å². The Kier molecular flexibility index (Phi) is 13.8. The fourth-order valence-electron chi connectivity index (χ4n) is 7.27. The van der Waals surface area contributed by atoms with E-state index in [2.05, 4.69) is 46.2 Å². The molecule has 6 aromatic carbocycles. The molecule has 0 bridgehead atoms. The van der Waals surface area contributed by atoms with Gasteiger partial charge >= 0.3 is 34.7 Å². The number of rotatable bonds is 11. The molecule has 14 heteroatoms. The van der Waals surface area contributed by atoms with Crippen molar-refractivity contribution in [1.29, 1.82) is 0 Å². The maximum Gasteiger partial charge on any atom is 0.534 e. The van der Waals surface area contributed by atoms with Gasteiger partial charge in [0.05, 0.1) is 31.0 Å². The van der Waals surface area contributed by atoms with Crippen molar-refractivity contribution in [2.75, 3.05) is 14.2 Å². The van der Waals surface area contributed by atoms with Gasteiger partial charge in [0.1, 0.15) is 5.56 Å². The molecule has 0 aromatic heterocycles. The Labute approximate surface area is 366 Å². The highest BCUT2D eigenvalue weighted by Gasteiger charge is 2.53. The van der Waals surface area contributed by atoms with Crippen LogP contribution in [0.1, 0.15) is 95.6 Å². The average molecular weight is 883 g/mol. The number of benzene rings is 6. The first kappa shape index (κ1) is 46.8. The van der Waals surface area contributed by atoms with Crippen LogP contribution < -0.4 is 9.65 Å². The normalized spacial score (nSPS) is 14.6. The SMILES string of the molecule is CCc1ccc(Cc2cccc3cc(C(=O)OC)c(B4OC(C)(C)C(C)(C)O4)cc23)cc1.CCc1ccc(Cc2cccc3cc(C(=O)OC)c(OS(=O)(=O)C(F)(F)F)cc23)cc1. The Hall–Kier alpha value is -5.70. The fraction of sp³-hybridized carbons (Fsp3) is 0.306. The lowest BCUT2D eigenvalue weighted by Crippen LogP contribution is -2.41. The zero-order chi connectivity index (χ0) is 45.9. The van der Waals surface area contributed by atoms with Crippen LogP contribution in [0.4, 0.5) is 13.2 Å². The van der Waals surface area contributed by atoms with Gasteiger partial charge in [0.2, 0.25) is 0 Å². The molecule has 7 rings (SSSR count). The first-order chi connectivity index (χ1) is 29.7. The second-order valence-electron chi connectivity index (χ2n) is 16.3. The molecule has 1 saturated heterocycles. The van der Waals surface area contributed by atoms with Crippen LogP contribution in [0, 0.1) is 0 Å². The Bertz CT molecular complexity index is 2730. The van der Waals surface area contributed by atoms with Gasteiger partial charge in [-0.1, -0.05) is 105 Å². The summed E-state index contributed by atoms with van der Waals surface area (Å²) in [6, 6.07) is 34.3. The van der Waals surface area contributed by atoms with Crippen molar-refractivity contribution >= 4 is 56.2 Å². The number of fused-ring (bicyclic) bond motifs is 2. The average Bonchev–Trinajstić information content (AvgIpc) is 3.48. The maximum absolute atomic E-state index is 12.8. The molecule has 0 N–H and O–H groups in total. The van der Waals surface area contributed by atoms with Gasteiger partial charge in [-0.25, -0.2) is 9.59 Å². The second kappa shape index (κ2) is 18.6. The summed E-state index contributed by atoms with van der Waals surface area (Å²) in [6.07, 6.45) is 3.17. The molecule has 0 aliphatic carbocycles. The van der Waals surface area contributed by atoms with E-state index < -0.39 is 57.2 Å². The Morgan fingerprint density at radius 2 is 1.03 bits per heavy atom. The van der Waals surface area contributed by atoms with E-state index in [4.69, 9.17) is 14.0 Å². The summed E-state index contributed by atoms with van der Waals surface area (Å²) in [7, 11) is -4.18. The lowest BCUT2D eigenvalue weighted by Gasteiger charge is -2.32. The van der Waals surface area contributed by atoms with Gasteiger partial charge in [-0.15, -0.1) is 0 Å². The Balaban J connectivity index is 0.000000210. The van der Waals surface area contributed by atoms with Crippen LogP contribution in [0.3, 0.4) is 0 Å². The van der Waals surface area contributed by atoms with E-state index in [0.717, 1.165) is 59.9 Å². The van der Waals surface area contributed by atoms with Crippen molar-refractivity contribution < 1.29 is 54.1 Å². The van der Waals surface area contributed by atoms with Crippen LogP contribution >= 0.6 is 0 Å². The highest BCUT2D eigenvalue weighted by atomic mass is 32.2. The quantitative estimate of drug-likeness (QED) is 0.0543. The summed E-state index contributed by atoms with van der Waals surface area (Å²) in [5, 5.41) is 3.07. The minimum Gasteiger partial charge on any atom is -0.465 e. The minimum atomic E-state index is -5.97. The highest BCUT2D eigenvalue weighted by molar-refractivity contribution is 7.88. The van der Waals surface area contributed by atoms with Crippen molar-refractivity contribution in [3.05, 3.63) is 154 Å². The molecule has 1 aliphatic rings. The van der Waals surface area contributed by atoms with Crippen molar-refractivity contribution in [3.63, 3.8) is 0 Å². The van der Waals surface area contributed by atoms with Crippen molar-refractivity contribution in [1.82, 2.24) is 0 Å². The summed E-state index contributed by atoms with van der Waals surface area (Å²) < 4.78 is 88.2. The molecule has 9 nitrogen and oxygen atoms in total. The van der Waals surface area contributed by atoms with Crippen LogP contribution in [0.2, 0.25) is 0 Å². The first-order valence-electron chi connectivity index (χ1n) is 20.5. The third-order valence-electron chi connectivity index (χ3n) is 11.7. The highest BCUT2D eigenvalue weighted by Crippen LogP contribution is 2.38. The summed E-state index contributed by atoms with van der Waals surface area (Å²) in [4.78, 5) is 24.7. The molecule has 0 atom stereocenters. The van der Waals surface area contributed by atoms with Crippen molar-refractivity contribution in [2.24, 2.45) is 0 Å². The third kappa shape index (κ3) is 10.2. The number of carbonyl (C=O) groups excluding carboxylic acids is 2. The Morgan fingerprint density at radius 1 is 0.619 bits per heavy atom. The number of halogens is 3. The fourth-order valence-corrected chi connectivity index (χ4v) is 7.74. The minimum absolute atomic E-state index is 0.392. The molecular formula is C49H50BF3O9S. The molecule has 1 aliphatic heterocycles. The molecule has 0 saturated carbocycles. The lowest BCUT2D eigenvalue weighted by molar-refractivity contribution is -0.0500. The number of aryl methyl sites for hydroxylation is 2.